The van der Waals surface area contributed by atoms with Crippen LogP contribution in [0.15, 0.2) is 33.7 Å². The molecule has 33 heavy (non-hydrogen) atoms. The van der Waals surface area contributed by atoms with Gasteiger partial charge in [0.15, 0.2) is 5.96 Å². The summed E-state index contributed by atoms with van der Waals surface area (Å²) in [6.45, 7) is 11.7. The zero-order chi connectivity index (χ0) is 22.9. The van der Waals surface area contributed by atoms with Crippen LogP contribution in [0.5, 0.6) is 5.75 Å². The molecule has 1 aliphatic rings. The molecular formula is C24H37FIN5O2. The number of halogens is 2. The van der Waals surface area contributed by atoms with Crippen LogP contribution >= 0.6 is 24.0 Å². The van der Waals surface area contributed by atoms with Gasteiger partial charge in [0.05, 0.1) is 18.8 Å². The molecule has 3 rings (SSSR count). The minimum absolute atomic E-state index is 0. The van der Waals surface area contributed by atoms with Crippen molar-refractivity contribution in [3.05, 3.63) is 47.4 Å². The van der Waals surface area contributed by atoms with E-state index in [4.69, 9.17) is 14.1 Å². The van der Waals surface area contributed by atoms with Crippen molar-refractivity contribution in [2.75, 3.05) is 46.4 Å². The van der Waals surface area contributed by atoms with Gasteiger partial charge < -0.3 is 19.4 Å². The lowest BCUT2D eigenvalue weighted by molar-refractivity contribution is 0.166. The molecule has 1 fully saturated rings. The lowest BCUT2D eigenvalue weighted by Gasteiger charge is -2.30. The number of likely N-dealkylation sites (tertiary alicyclic amines) is 1. The second kappa shape index (κ2) is 13.7. The van der Waals surface area contributed by atoms with E-state index in [2.05, 4.69) is 27.0 Å². The van der Waals surface area contributed by atoms with Crippen molar-refractivity contribution in [3.8, 4) is 5.75 Å². The number of aliphatic imine (C=N–C) groups is 1. The molecule has 9 heteroatoms. The van der Waals surface area contributed by atoms with Crippen LogP contribution in [-0.2, 0) is 6.54 Å². The van der Waals surface area contributed by atoms with Crippen LogP contribution in [0.2, 0.25) is 0 Å². The van der Waals surface area contributed by atoms with Gasteiger partial charge >= 0.3 is 0 Å². The molecule has 1 aromatic carbocycles. The Bertz CT molecular complexity index is 847. The number of aromatic nitrogens is 1. The van der Waals surface area contributed by atoms with Crippen LogP contribution < -0.4 is 10.1 Å². The molecule has 184 valence electrons. The largest absolute Gasteiger partial charge is 0.492 e. The molecule has 2 heterocycles. The van der Waals surface area contributed by atoms with E-state index >= 15 is 0 Å². The molecule has 0 spiro atoms. The maximum Gasteiger partial charge on any atom is 0.208 e. The van der Waals surface area contributed by atoms with Gasteiger partial charge in [-0.2, -0.15) is 0 Å². The van der Waals surface area contributed by atoms with Crippen molar-refractivity contribution in [3.63, 3.8) is 0 Å². The SMILES string of the molecule is CCNC(=NCC1CCN(Cc2nc(C)c(C)o2)CC1)N(C)CCOc1ccc(F)cc1.I. The first-order valence-corrected chi connectivity index (χ1v) is 11.5. The Morgan fingerprint density at radius 1 is 1.27 bits per heavy atom. The van der Waals surface area contributed by atoms with E-state index in [0.717, 1.165) is 68.9 Å². The molecule has 0 saturated carbocycles. The standard InChI is InChI=1S/C24H36FN5O2.HI/c1-5-26-24(29(4)14-15-31-22-8-6-21(25)7-9-22)27-16-20-10-12-30(13-11-20)17-23-28-18(2)19(3)32-23;/h6-9,20H,5,10-17H2,1-4H3,(H,26,27);1H. The minimum Gasteiger partial charge on any atom is -0.492 e. The monoisotopic (exact) mass is 573 g/mol. The first-order valence-electron chi connectivity index (χ1n) is 11.5. The van der Waals surface area contributed by atoms with Crippen molar-refractivity contribution in [2.24, 2.45) is 10.9 Å². The molecule has 1 N–H and O–H groups in total. The predicted molar refractivity (Wildman–Crippen MR) is 140 cm³/mol. The summed E-state index contributed by atoms with van der Waals surface area (Å²) in [5.41, 5.74) is 0.979. The Balaban J connectivity index is 0.00000385. The molecule has 0 radical (unpaired) electrons. The Morgan fingerprint density at radius 2 is 1.97 bits per heavy atom. The maximum absolute atomic E-state index is 13.0. The van der Waals surface area contributed by atoms with Crippen LogP contribution in [0.4, 0.5) is 4.39 Å². The molecule has 0 aliphatic carbocycles. The van der Waals surface area contributed by atoms with Crippen LogP contribution in [0.1, 0.15) is 37.1 Å². The van der Waals surface area contributed by atoms with Crippen molar-refractivity contribution in [1.29, 1.82) is 0 Å². The third-order valence-corrected chi connectivity index (χ3v) is 5.84. The van der Waals surface area contributed by atoms with E-state index < -0.39 is 0 Å². The molecule has 0 bridgehead atoms. The van der Waals surface area contributed by atoms with Crippen LogP contribution in [0.25, 0.3) is 0 Å². The fourth-order valence-electron chi connectivity index (χ4n) is 3.75. The van der Waals surface area contributed by atoms with E-state index in [9.17, 15) is 4.39 Å². The Kier molecular flexibility index (Phi) is 11.4. The van der Waals surface area contributed by atoms with Crippen LogP contribution in [-0.4, -0.2) is 67.1 Å². The summed E-state index contributed by atoms with van der Waals surface area (Å²) in [5, 5.41) is 3.37. The number of nitrogens with one attached hydrogen (secondary N) is 1. The number of benzene rings is 1. The lowest BCUT2D eigenvalue weighted by atomic mass is 9.97. The normalized spacial score (nSPS) is 15.2. The van der Waals surface area contributed by atoms with Gasteiger partial charge in [0.25, 0.3) is 0 Å². The Labute approximate surface area is 213 Å². The van der Waals surface area contributed by atoms with Crippen LogP contribution in [0.3, 0.4) is 0 Å². The fraction of sp³-hybridized carbons (Fsp3) is 0.583. The average Bonchev–Trinajstić information content (AvgIpc) is 3.10. The van der Waals surface area contributed by atoms with E-state index in [-0.39, 0.29) is 29.8 Å². The van der Waals surface area contributed by atoms with Gasteiger partial charge in [-0.25, -0.2) is 9.37 Å². The highest BCUT2D eigenvalue weighted by molar-refractivity contribution is 14.0. The zero-order valence-corrected chi connectivity index (χ0v) is 22.5. The van der Waals surface area contributed by atoms with Crippen molar-refractivity contribution < 1.29 is 13.5 Å². The van der Waals surface area contributed by atoms with E-state index in [1.54, 1.807) is 12.1 Å². The van der Waals surface area contributed by atoms with E-state index in [1.807, 2.05) is 20.9 Å². The summed E-state index contributed by atoms with van der Waals surface area (Å²) in [5.74, 6) is 3.61. The van der Waals surface area contributed by atoms with Crippen LogP contribution in [0, 0.1) is 25.6 Å². The quantitative estimate of drug-likeness (QED) is 0.275. The Hall–Kier alpha value is -1.88. The first kappa shape index (κ1) is 27.4. The van der Waals surface area contributed by atoms with Gasteiger partial charge in [-0.3, -0.25) is 9.89 Å². The highest BCUT2D eigenvalue weighted by Gasteiger charge is 2.21. The summed E-state index contributed by atoms with van der Waals surface area (Å²) in [7, 11) is 2.01. The molecule has 0 amide bonds. The maximum atomic E-state index is 13.0. The molecule has 1 aliphatic heterocycles. The third-order valence-electron chi connectivity index (χ3n) is 5.84. The number of ether oxygens (including phenoxy) is 1. The van der Waals surface area contributed by atoms with Crippen molar-refractivity contribution in [2.45, 2.75) is 40.2 Å². The number of hydrogen-bond donors (Lipinski definition) is 1. The number of aryl methyl sites for hydroxylation is 2. The fourth-order valence-corrected chi connectivity index (χ4v) is 3.75. The molecule has 1 aromatic heterocycles. The van der Waals surface area contributed by atoms with E-state index in [1.165, 1.54) is 12.1 Å². The third kappa shape index (κ3) is 8.77. The number of guanidine groups is 1. The van der Waals surface area contributed by atoms with E-state index in [0.29, 0.717) is 24.8 Å². The second-order valence-electron chi connectivity index (χ2n) is 8.39. The average molecular weight is 573 g/mol. The lowest BCUT2D eigenvalue weighted by Crippen LogP contribution is -2.41. The first-order chi connectivity index (χ1) is 15.4. The topological polar surface area (TPSA) is 66.1 Å². The Morgan fingerprint density at radius 3 is 2.58 bits per heavy atom. The molecule has 7 nitrogen and oxygen atoms in total. The predicted octanol–water partition coefficient (Wildman–Crippen LogP) is 4.24. The molecule has 0 atom stereocenters. The van der Waals surface area contributed by atoms with Gasteiger partial charge in [0, 0.05) is 20.1 Å². The summed E-state index contributed by atoms with van der Waals surface area (Å²) in [4.78, 5) is 13.9. The molecule has 1 saturated heterocycles. The zero-order valence-electron chi connectivity index (χ0n) is 20.1. The number of hydrogen-bond acceptors (Lipinski definition) is 5. The summed E-state index contributed by atoms with van der Waals surface area (Å²) in [6, 6.07) is 6.10. The number of nitrogens with zero attached hydrogens (tertiary/aromatic N) is 4. The summed E-state index contributed by atoms with van der Waals surface area (Å²) >= 11 is 0. The van der Waals surface area contributed by atoms with Gasteiger partial charge in [0.2, 0.25) is 5.89 Å². The van der Waals surface area contributed by atoms with Gasteiger partial charge in [-0.1, -0.05) is 0 Å². The second-order valence-corrected chi connectivity index (χ2v) is 8.39. The summed E-state index contributed by atoms with van der Waals surface area (Å²) < 4.78 is 24.4. The van der Waals surface area contributed by atoms with Gasteiger partial charge in [-0.15, -0.1) is 24.0 Å². The van der Waals surface area contributed by atoms with Gasteiger partial charge in [0.1, 0.15) is 23.9 Å². The number of oxazole rings is 1. The smallest absolute Gasteiger partial charge is 0.208 e. The molecule has 0 unspecified atom stereocenters. The molecule has 2 aromatic rings. The highest BCUT2D eigenvalue weighted by Crippen LogP contribution is 2.20. The minimum atomic E-state index is -0.260. The summed E-state index contributed by atoms with van der Waals surface area (Å²) in [6.07, 6.45) is 2.25. The number of likely N-dealkylation sites (N-methyl/N-ethyl adjacent to an activating group) is 1. The number of piperidine rings is 1. The van der Waals surface area contributed by atoms with Crippen molar-refractivity contribution >= 4 is 29.9 Å². The van der Waals surface area contributed by atoms with Crippen molar-refractivity contribution in [1.82, 2.24) is 20.1 Å². The highest BCUT2D eigenvalue weighted by atomic mass is 127. The van der Waals surface area contributed by atoms with Gasteiger partial charge in [-0.05, 0) is 76.9 Å². The number of rotatable bonds is 9. The molecular weight excluding hydrogens is 536 g/mol.